The fraction of sp³-hybridized carbons (Fsp3) is 0.857. The van der Waals surface area contributed by atoms with Crippen molar-refractivity contribution in [3.63, 3.8) is 0 Å². The largest absolute Gasteiger partial charge is 0.303 e. The van der Waals surface area contributed by atoms with Crippen LogP contribution < -0.4 is 0 Å². The Morgan fingerprint density at radius 2 is 1.60 bits per heavy atom. The second-order valence-electron chi connectivity index (χ2n) is 4.44. The maximum Gasteiger partial charge on any atom is -0.00132 e. The molecule has 0 spiro atoms. The average Bonchev–Trinajstić information content (AvgIpc) is 2.23. The molecule has 0 fully saturated rings. The third kappa shape index (κ3) is 8.68. The minimum Gasteiger partial charge on any atom is -0.303 e. The number of hydrogen-bond donors (Lipinski definition) is 0. The topological polar surface area (TPSA) is 3.24 Å². The van der Waals surface area contributed by atoms with Gasteiger partial charge in [-0.1, -0.05) is 39.8 Å². The Labute approximate surface area is 96.6 Å². The Morgan fingerprint density at radius 1 is 1.00 bits per heavy atom. The molecule has 0 aromatic rings. The maximum atomic E-state index is 2.59. The van der Waals surface area contributed by atoms with Crippen LogP contribution in [0.2, 0.25) is 0 Å². The standard InChI is InChI=1S/C14H29N/c1-5-8-9-14(4)10-13-15(11-6-2)12-7-3/h8-9,14H,5-7,10-13H2,1-4H3. The van der Waals surface area contributed by atoms with E-state index in [1.165, 1.54) is 38.9 Å². The van der Waals surface area contributed by atoms with Crippen LogP contribution in [0.4, 0.5) is 0 Å². The van der Waals surface area contributed by atoms with Gasteiger partial charge in [0.2, 0.25) is 0 Å². The predicted octanol–water partition coefficient (Wildman–Crippen LogP) is 4.10. The molecule has 1 unspecified atom stereocenters. The summed E-state index contributed by atoms with van der Waals surface area (Å²) >= 11 is 0. The Balaban J connectivity index is 3.71. The Hall–Kier alpha value is -0.300. The lowest BCUT2D eigenvalue weighted by Crippen LogP contribution is -2.27. The summed E-state index contributed by atoms with van der Waals surface area (Å²) in [6.45, 7) is 12.8. The highest BCUT2D eigenvalue weighted by molar-refractivity contribution is 4.85. The van der Waals surface area contributed by atoms with Gasteiger partial charge in [-0.2, -0.15) is 0 Å². The second-order valence-corrected chi connectivity index (χ2v) is 4.44. The van der Waals surface area contributed by atoms with Crippen LogP contribution in [0.25, 0.3) is 0 Å². The third-order valence-corrected chi connectivity index (χ3v) is 2.68. The number of allylic oxidation sites excluding steroid dienone is 2. The van der Waals surface area contributed by atoms with Gasteiger partial charge in [-0.25, -0.2) is 0 Å². The van der Waals surface area contributed by atoms with Crippen LogP contribution in [0, 0.1) is 5.92 Å². The summed E-state index contributed by atoms with van der Waals surface area (Å²) in [6.07, 6.45) is 9.66. The molecule has 0 aliphatic heterocycles. The van der Waals surface area contributed by atoms with Crippen molar-refractivity contribution in [1.82, 2.24) is 4.90 Å². The molecule has 0 aliphatic carbocycles. The highest BCUT2D eigenvalue weighted by Gasteiger charge is 2.04. The van der Waals surface area contributed by atoms with Gasteiger partial charge < -0.3 is 4.90 Å². The minimum atomic E-state index is 0.737. The zero-order valence-corrected chi connectivity index (χ0v) is 11.1. The molecule has 1 atom stereocenters. The highest BCUT2D eigenvalue weighted by Crippen LogP contribution is 2.07. The average molecular weight is 211 g/mol. The summed E-state index contributed by atoms with van der Waals surface area (Å²) in [4.78, 5) is 2.59. The van der Waals surface area contributed by atoms with Gasteiger partial charge in [0, 0.05) is 0 Å². The van der Waals surface area contributed by atoms with Crippen molar-refractivity contribution < 1.29 is 0 Å². The molecule has 0 aromatic carbocycles. The van der Waals surface area contributed by atoms with E-state index in [0.717, 1.165) is 12.3 Å². The van der Waals surface area contributed by atoms with Crippen molar-refractivity contribution in [3.05, 3.63) is 12.2 Å². The summed E-state index contributed by atoms with van der Waals surface area (Å²) in [5.74, 6) is 0.737. The quantitative estimate of drug-likeness (QED) is 0.519. The molecule has 0 N–H and O–H groups in total. The van der Waals surface area contributed by atoms with E-state index in [1.807, 2.05) is 0 Å². The van der Waals surface area contributed by atoms with Crippen LogP contribution in [-0.4, -0.2) is 24.5 Å². The molecular formula is C14H29N. The van der Waals surface area contributed by atoms with E-state index in [0.29, 0.717) is 0 Å². The summed E-state index contributed by atoms with van der Waals surface area (Å²) in [7, 11) is 0. The first-order valence-electron chi connectivity index (χ1n) is 6.63. The fourth-order valence-electron chi connectivity index (χ4n) is 1.82. The second kappa shape index (κ2) is 10.2. The molecule has 0 aromatic heterocycles. The zero-order chi connectivity index (χ0) is 11.5. The molecule has 0 heterocycles. The number of rotatable bonds is 9. The van der Waals surface area contributed by atoms with Crippen LogP contribution in [0.5, 0.6) is 0 Å². The van der Waals surface area contributed by atoms with E-state index >= 15 is 0 Å². The van der Waals surface area contributed by atoms with Crippen LogP contribution >= 0.6 is 0 Å². The maximum absolute atomic E-state index is 2.59. The molecule has 0 bridgehead atoms. The molecule has 15 heavy (non-hydrogen) atoms. The Morgan fingerprint density at radius 3 is 2.07 bits per heavy atom. The first kappa shape index (κ1) is 14.7. The zero-order valence-electron chi connectivity index (χ0n) is 11.1. The van der Waals surface area contributed by atoms with Gasteiger partial charge in [0.25, 0.3) is 0 Å². The lowest BCUT2D eigenvalue weighted by Gasteiger charge is -2.21. The lowest BCUT2D eigenvalue weighted by atomic mass is 10.1. The Kier molecular flexibility index (Phi) is 10.0. The molecule has 0 rings (SSSR count). The van der Waals surface area contributed by atoms with Crippen molar-refractivity contribution in [2.45, 2.75) is 53.4 Å². The van der Waals surface area contributed by atoms with Crippen molar-refractivity contribution in [3.8, 4) is 0 Å². The molecule has 0 radical (unpaired) electrons. The van der Waals surface area contributed by atoms with Gasteiger partial charge >= 0.3 is 0 Å². The Bertz CT molecular complexity index is 145. The van der Waals surface area contributed by atoms with Gasteiger partial charge in [-0.05, 0) is 51.2 Å². The first-order valence-corrected chi connectivity index (χ1v) is 6.63. The van der Waals surface area contributed by atoms with E-state index < -0.39 is 0 Å². The van der Waals surface area contributed by atoms with E-state index in [4.69, 9.17) is 0 Å². The fourth-order valence-corrected chi connectivity index (χ4v) is 1.82. The van der Waals surface area contributed by atoms with Crippen molar-refractivity contribution in [2.24, 2.45) is 5.92 Å². The van der Waals surface area contributed by atoms with Gasteiger partial charge in [0.15, 0.2) is 0 Å². The van der Waals surface area contributed by atoms with E-state index in [9.17, 15) is 0 Å². The smallest absolute Gasteiger partial charge is 0.00132 e. The van der Waals surface area contributed by atoms with E-state index in [1.54, 1.807) is 0 Å². The monoisotopic (exact) mass is 211 g/mol. The van der Waals surface area contributed by atoms with Crippen LogP contribution in [0.1, 0.15) is 53.4 Å². The SMILES string of the molecule is CCC=CC(C)CCN(CCC)CCC. The van der Waals surface area contributed by atoms with Gasteiger partial charge in [-0.3, -0.25) is 0 Å². The van der Waals surface area contributed by atoms with Gasteiger partial charge in [0.05, 0.1) is 0 Å². The summed E-state index contributed by atoms with van der Waals surface area (Å²) in [5, 5.41) is 0. The summed E-state index contributed by atoms with van der Waals surface area (Å²) < 4.78 is 0. The molecule has 0 amide bonds. The van der Waals surface area contributed by atoms with Crippen molar-refractivity contribution in [1.29, 1.82) is 0 Å². The number of hydrogen-bond acceptors (Lipinski definition) is 1. The normalized spacial score (nSPS) is 13.9. The first-order chi connectivity index (χ1) is 7.24. The molecule has 1 nitrogen and oxygen atoms in total. The van der Waals surface area contributed by atoms with Gasteiger partial charge in [0.1, 0.15) is 0 Å². The van der Waals surface area contributed by atoms with Crippen molar-refractivity contribution in [2.75, 3.05) is 19.6 Å². The summed E-state index contributed by atoms with van der Waals surface area (Å²) in [6, 6.07) is 0. The highest BCUT2D eigenvalue weighted by atomic mass is 15.1. The minimum absolute atomic E-state index is 0.737. The lowest BCUT2D eigenvalue weighted by molar-refractivity contribution is 0.262. The molecular weight excluding hydrogens is 182 g/mol. The molecule has 0 saturated heterocycles. The van der Waals surface area contributed by atoms with Crippen LogP contribution in [-0.2, 0) is 0 Å². The van der Waals surface area contributed by atoms with E-state index in [2.05, 4.69) is 44.7 Å². The molecule has 0 aliphatic rings. The van der Waals surface area contributed by atoms with Crippen molar-refractivity contribution >= 4 is 0 Å². The molecule has 0 saturated carbocycles. The van der Waals surface area contributed by atoms with Gasteiger partial charge in [-0.15, -0.1) is 0 Å². The molecule has 1 heteroatoms. The molecule has 90 valence electrons. The summed E-state index contributed by atoms with van der Waals surface area (Å²) in [5.41, 5.74) is 0. The van der Waals surface area contributed by atoms with E-state index in [-0.39, 0.29) is 0 Å². The number of nitrogens with zero attached hydrogens (tertiary/aromatic N) is 1. The van der Waals surface area contributed by atoms with Crippen LogP contribution in [0.3, 0.4) is 0 Å². The predicted molar refractivity (Wildman–Crippen MR) is 70.2 cm³/mol. The van der Waals surface area contributed by atoms with Crippen LogP contribution in [0.15, 0.2) is 12.2 Å². The third-order valence-electron chi connectivity index (χ3n) is 2.68.